The van der Waals surface area contributed by atoms with Crippen molar-refractivity contribution in [3.05, 3.63) is 41.7 Å². The van der Waals surface area contributed by atoms with Gasteiger partial charge in [0, 0.05) is 25.7 Å². The number of halogens is 3. The Hall–Kier alpha value is -2.88. The van der Waals surface area contributed by atoms with E-state index in [9.17, 15) is 13.2 Å². The lowest BCUT2D eigenvalue weighted by Crippen LogP contribution is -2.16. The molecule has 2 heterocycles. The molecule has 0 amide bonds. The molecule has 4 N–H and O–H groups in total. The second-order valence-electron chi connectivity index (χ2n) is 6.58. The Balaban J connectivity index is 1.91. The standard InChI is InChI=1S/C18H22F3N7/c1-11(2)28-10-25-14-15(26-17(23-7-6-22)27-16(14)28)24-9-12-4-3-5-13(8-12)18(19,20)21/h3-5,8,10-11H,6-7,9,22H2,1-2H3,(H2,23,24,26,27). The molecule has 0 aliphatic rings. The Bertz CT molecular complexity index is 950. The zero-order valence-electron chi connectivity index (χ0n) is 15.6. The average molecular weight is 393 g/mol. The van der Waals surface area contributed by atoms with Crippen LogP contribution in [0.3, 0.4) is 0 Å². The molecule has 0 fully saturated rings. The van der Waals surface area contributed by atoms with Gasteiger partial charge in [0.2, 0.25) is 5.95 Å². The highest BCUT2D eigenvalue weighted by Gasteiger charge is 2.30. The number of fused-ring (bicyclic) bond motifs is 1. The number of nitrogens with two attached hydrogens (primary N) is 1. The number of hydrogen-bond acceptors (Lipinski definition) is 6. The molecule has 0 spiro atoms. The van der Waals surface area contributed by atoms with Crippen molar-refractivity contribution in [2.75, 3.05) is 23.7 Å². The van der Waals surface area contributed by atoms with Crippen LogP contribution in [0.5, 0.6) is 0 Å². The fourth-order valence-electron chi connectivity index (χ4n) is 2.72. The average Bonchev–Trinajstić information content (AvgIpc) is 3.08. The summed E-state index contributed by atoms with van der Waals surface area (Å²) < 4.78 is 40.7. The molecule has 150 valence electrons. The SMILES string of the molecule is CC(C)n1cnc2c(NCc3cccc(C(F)(F)F)c3)nc(NCCN)nc21. The van der Waals surface area contributed by atoms with Gasteiger partial charge in [-0.05, 0) is 31.5 Å². The van der Waals surface area contributed by atoms with Gasteiger partial charge in [-0.3, -0.25) is 0 Å². The molecule has 0 aliphatic carbocycles. The first-order chi connectivity index (χ1) is 13.3. The monoisotopic (exact) mass is 393 g/mol. The molecule has 0 saturated carbocycles. The maximum atomic E-state index is 12.9. The number of nitrogens with zero attached hydrogens (tertiary/aromatic N) is 4. The normalized spacial score (nSPS) is 12.0. The molecule has 0 saturated heterocycles. The van der Waals surface area contributed by atoms with Gasteiger partial charge in [-0.25, -0.2) is 4.98 Å². The van der Waals surface area contributed by atoms with E-state index in [1.807, 2.05) is 18.4 Å². The summed E-state index contributed by atoms with van der Waals surface area (Å²) in [5.41, 5.74) is 6.52. The predicted octanol–water partition coefficient (Wildman–Crippen LogP) is 3.41. The van der Waals surface area contributed by atoms with Crippen LogP contribution in [0.1, 0.15) is 31.0 Å². The molecule has 0 aliphatic heterocycles. The molecule has 0 radical (unpaired) electrons. The van der Waals surface area contributed by atoms with Crippen LogP contribution < -0.4 is 16.4 Å². The quantitative estimate of drug-likeness (QED) is 0.570. The minimum atomic E-state index is -4.38. The van der Waals surface area contributed by atoms with Crippen LogP contribution in [0.25, 0.3) is 11.2 Å². The first kappa shape index (κ1) is 19.9. The molecule has 3 rings (SSSR count). The van der Waals surface area contributed by atoms with E-state index in [0.29, 0.717) is 41.6 Å². The molecule has 0 unspecified atom stereocenters. The van der Waals surface area contributed by atoms with Gasteiger partial charge in [0.05, 0.1) is 11.9 Å². The molecule has 10 heteroatoms. The highest BCUT2D eigenvalue weighted by atomic mass is 19.4. The molecule has 28 heavy (non-hydrogen) atoms. The van der Waals surface area contributed by atoms with Crippen LogP contribution in [0, 0.1) is 0 Å². The highest BCUT2D eigenvalue weighted by molar-refractivity contribution is 5.84. The van der Waals surface area contributed by atoms with E-state index in [4.69, 9.17) is 5.73 Å². The summed E-state index contributed by atoms with van der Waals surface area (Å²) >= 11 is 0. The van der Waals surface area contributed by atoms with E-state index >= 15 is 0 Å². The molecule has 1 aromatic carbocycles. The first-order valence-corrected chi connectivity index (χ1v) is 8.88. The van der Waals surface area contributed by atoms with Crippen LogP contribution in [0.2, 0.25) is 0 Å². The molecule has 3 aromatic rings. The lowest BCUT2D eigenvalue weighted by molar-refractivity contribution is -0.137. The summed E-state index contributed by atoms with van der Waals surface area (Å²) in [4.78, 5) is 13.3. The van der Waals surface area contributed by atoms with Crippen LogP contribution >= 0.6 is 0 Å². The van der Waals surface area contributed by atoms with Gasteiger partial charge in [0.1, 0.15) is 0 Å². The first-order valence-electron chi connectivity index (χ1n) is 8.88. The van der Waals surface area contributed by atoms with E-state index in [2.05, 4.69) is 25.6 Å². The minimum Gasteiger partial charge on any atom is -0.364 e. The third-order valence-corrected chi connectivity index (χ3v) is 4.12. The maximum Gasteiger partial charge on any atom is 0.416 e. The zero-order valence-corrected chi connectivity index (χ0v) is 15.6. The number of benzene rings is 1. The van der Waals surface area contributed by atoms with Crippen molar-refractivity contribution < 1.29 is 13.2 Å². The highest BCUT2D eigenvalue weighted by Crippen LogP contribution is 2.30. The Morgan fingerprint density at radius 1 is 1.18 bits per heavy atom. The summed E-state index contributed by atoms with van der Waals surface area (Å²) in [5, 5.41) is 6.12. The number of hydrogen-bond donors (Lipinski definition) is 3. The van der Waals surface area contributed by atoms with Crippen molar-refractivity contribution in [2.24, 2.45) is 5.73 Å². The van der Waals surface area contributed by atoms with Crippen LogP contribution in [0.4, 0.5) is 24.9 Å². The van der Waals surface area contributed by atoms with Crippen molar-refractivity contribution >= 4 is 22.9 Å². The van der Waals surface area contributed by atoms with Crippen molar-refractivity contribution in [3.8, 4) is 0 Å². The second kappa shape index (κ2) is 8.01. The number of anilines is 2. The topological polar surface area (TPSA) is 93.7 Å². The largest absolute Gasteiger partial charge is 0.416 e. The zero-order chi connectivity index (χ0) is 20.3. The lowest BCUT2D eigenvalue weighted by Gasteiger charge is -2.12. The molecule has 0 atom stereocenters. The summed E-state index contributed by atoms with van der Waals surface area (Å²) in [5.74, 6) is 0.827. The van der Waals surface area contributed by atoms with Crippen molar-refractivity contribution in [1.29, 1.82) is 0 Å². The van der Waals surface area contributed by atoms with Gasteiger partial charge >= 0.3 is 6.18 Å². The summed E-state index contributed by atoms with van der Waals surface area (Å²) in [7, 11) is 0. The molecular formula is C18H22F3N7. The van der Waals surface area contributed by atoms with E-state index in [0.717, 1.165) is 12.1 Å². The van der Waals surface area contributed by atoms with Crippen molar-refractivity contribution in [2.45, 2.75) is 32.6 Å². The Labute approximate surface area is 160 Å². The minimum absolute atomic E-state index is 0.138. The van der Waals surface area contributed by atoms with Crippen LogP contribution in [-0.4, -0.2) is 32.6 Å². The van der Waals surface area contributed by atoms with E-state index in [1.54, 1.807) is 12.4 Å². The van der Waals surface area contributed by atoms with Crippen LogP contribution in [-0.2, 0) is 12.7 Å². The molecule has 2 aromatic heterocycles. The van der Waals surface area contributed by atoms with Gasteiger partial charge in [0.15, 0.2) is 17.0 Å². The number of aromatic nitrogens is 4. The van der Waals surface area contributed by atoms with Gasteiger partial charge in [-0.2, -0.15) is 23.1 Å². The van der Waals surface area contributed by atoms with Gasteiger partial charge in [-0.1, -0.05) is 12.1 Å². The third-order valence-electron chi connectivity index (χ3n) is 4.12. The summed E-state index contributed by atoms with van der Waals surface area (Å²) in [6, 6.07) is 5.31. The van der Waals surface area contributed by atoms with Crippen LogP contribution in [0.15, 0.2) is 30.6 Å². The maximum absolute atomic E-state index is 12.9. The fourth-order valence-corrected chi connectivity index (χ4v) is 2.72. The number of rotatable bonds is 7. The number of imidazole rings is 1. The van der Waals surface area contributed by atoms with Gasteiger partial charge < -0.3 is 20.9 Å². The summed E-state index contributed by atoms with van der Waals surface area (Å²) in [6.45, 7) is 5.09. The van der Waals surface area contributed by atoms with Crippen molar-refractivity contribution in [1.82, 2.24) is 19.5 Å². The smallest absolute Gasteiger partial charge is 0.364 e. The Kier molecular flexibility index (Phi) is 5.68. The van der Waals surface area contributed by atoms with E-state index in [-0.39, 0.29) is 12.6 Å². The molecule has 0 bridgehead atoms. The molecular weight excluding hydrogens is 371 g/mol. The molecule has 7 nitrogen and oxygen atoms in total. The van der Waals surface area contributed by atoms with Gasteiger partial charge in [0.25, 0.3) is 0 Å². The van der Waals surface area contributed by atoms with E-state index in [1.165, 1.54) is 6.07 Å². The number of nitrogens with one attached hydrogen (secondary N) is 2. The fraction of sp³-hybridized carbons (Fsp3) is 0.389. The lowest BCUT2D eigenvalue weighted by atomic mass is 10.1. The van der Waals surface area contributed by atoms with E-state index < -0.39 is 11.7 Å². The van der Waals surface area contributed by atoms with Gasteiger partial charge in [-0.15, -0.1) is 0 Å². The summed E-state index contributed by atoms with van der Waals surface area (Å²) in [6.07, 6.45) is -2.71. The second-order valence-corrected chi connectivity index (χ2v) is 6.58. The van der Waals surface area contributed by atoms with Crippen molar-refractivity contribution in [3.63, 3.8) is 0 Å². The Morgan fingerprint density at radius 3 is 2.64 bits per heavy atom. The third kappa shape index (κ3) is 4.33. The number of alkyl halides is 3. The predicted molar refractivity (Wildman–Crippen MR) is 102 cm³/mol. The Morgan fingerprint density at radius 2 is 1.96 bits per heavy atom.